The van der Waals surface area contributed by atoms with Crippen LogP contribution in [0.4, 0.5) is 19.0 Å². The van der Waals surface area contributed by atoms with Crippen molar-refractivity contribution in [2.24, 2.45) is 0 Å². The van der Waals surface area contributed by atoms with Crippen LogP contribution in [0.15, 0.2) is 41.1 Å². The molecule has 2 aromatic rings. The van der Waals surface area contributed by atoms with Gasteiger partial charge in [-0.05, 0) is 24.3 Å². The van der Waals surface area contributed by atoms with Crippen molar-refractivity contribution in [2.75, 3.05) is 32.1 Å². The summed E-state index contributed by atoms with van der Waals surface area (Å²) in [7, 11) is 1.43. The number of nitrogens with zero attached hydrogens (tertiary/aromatic N) is 2. The highest BCUT2D eigenvalue weighted by Gasteiger charge is 2.30. The number of halogens is 3. The maximum absolute atomic E-state index is 12.6. The Morgan fingerprint density at radius 1 is 1.23 bits per heavy atom. The summed E-state index contributed by atoms with van der Waals surface area (Å²) < 4.78 is 47.4. The molecule has 1 aromatic heterocycles. The number of amides is 2. The lowest BCUT2D eigenvalue weighted by molar-refractivity contribution is -0.137. The Balaban J connectivity index is 2.09. The van der Waals surface area contributed by atoms with Crippen LogP contribution >= 0.6 is 0 Å². The topological polar surface area (TPSA) is 84.7 Å². The summed E-state index contributed by atoms with van der Waals surface area (Å²) in [5, 5.41) is 5.96. The summed E-state index contributed by atoms with van der Waals surface area (Å²) in [6.45, 7) is -0.0811. The number of rotatable bonds is 7. The lowest BCUT2D eigenvalue weighted by Gasteiger charge is -2.22. The van der Waals surface area contributed by atoms with Gasteiger partial charge in [0.15, 0.2) is 5.82 Å². The van der Waals surface area contributed by atoms with Crippen LogP contribution in [-0.4, -0.2) is 48.7 Å². The van der Waals surface area contributed by atoms with Gasteiger partial charge in [-0.25, -0.2) is 0 Å². The van der Waals surface area contributed by atoms with E-state index in [4.69, 9.17) is 4.74 Å². The molecule has 0 fully saturated rings. The van der Waals surface area contributed by atoms with Gasteiger partial charge in [0.1, 0.15) is 12.8 Å². The highest BCUT2D eigenvalue weighted by atomic mass is 19.4. The van der Waals surface area contributed by atoms with Gasteiger partial charge in [0.2, 0.25) is 5.91 Å². The molecule has 0 saturated carbocycles. The van der Waals surface area contributed by atoms with Crippen molar-refractivity contribution in [1.82, 2.24) is 10.1 Å². The number of aromatic nitrogens is 1. The highest BCUT2D eigenvalue weighted by molar-refractivity contribution is 5.99. The monoisotopic (exact) mass is 371 g/mol. The van der Waals surface area contributed by atoms with Crippen LogP contribution in [0.5, 0.6) is 0 Å². The van der Waals surface area contributed by atoms with E-state index in [0.29, 0.717) is 0 Å². The first-order valence-electron chi connectivity index (χ1n) is 7.47. The summed E-state index contributed by atoms with van der Waals surface area (Å²) in [6.07, 6.45) is -3.22. The first-order chi connectivity index (χ1) is 12.3. The van der Waals surface area contributed by atoms with Gasteiger partial charge < -0.3 is 19.5 Å². The molecule has 0 atom stereocenters. The number of anilines is 1. The highest BCUT2D eigenvalue weighted by Crippen LogP contribution is 2.29. The molecule has 2 rings (SSSR count). The van der Waals surface area contributed by atoms with E-state index in [2.05, 4.69) is 15.0 Å². The molecule has 0 saturated heterocycles. The van der Waals surface area contributed by atoms with E-state index >= 15 is 0 Å². The number of ether oxygens (including phenoxy) is 1. The molecule has 1 N–H and O–H groups in total. The molecule has 10 heteroatoms. The third kappa shape index (κ3) is 5.31. The van der Waals surface area contributed by atoms with Crippen LogP contribution in [0.2, 0.25) is 0 Å². The maximum Gasteiger partial charge on any atom is 0.416 e. The van der Waals surface area contributed by atoms with Crippen molar-refractivity contribution in [3.05, 3.63) is 47.7 Å². The third-order valence-corrected chi connectivity index (χ3v) is 3.35. The molecule has 7 nitrogen and oxygen atoms in total. The van der Waals surface area contributed by atoms with Crippen molar-refractivity contribution in [1.29, 1.82) is 0 Å². The van der Waals surface area contributed by atoms with Crippen molar-refractivity contribution in [3.63, 3.8) is 0 Å². The van der Waals surface area contributed by atoms with Gasteiger partial charge in [-0.2, -0.15) is 13.2 Å². The van der Waals surface area contributed by atoms with Crippen LogP contribution in [0, 0.1) is 0 Å². The van der Waals surface area contributed by atoms with Crippen molar-refractivity contribution in [3.8, 4) is 0 Å². The van der Waals surface area contributed by atoms with E-state index in [1.165, 1.54) is 24.3 Å². The largest absolute Gasteiger partial charge is 0.416 e. The summed E-state index contributed by atoms with van der Waals surface area (Å²) in [6, 6.07) is 5.20. The lowest BCUT2D eigenvalue weighted by Crippen LogP contribution is -2.40. The van der Waals surface area contributed by atoms with E-state index in [9.17, 15) is 22.8 Å². The third-order valence-electron chi connectivity index (χ3n) is 3.35. The Kier molecular flexibility index (Phi) is 6.34. The second-order valence-electron chi connectivity index (χ2n) is 5.23. The normalized spacial score (nSPS) is 11.2. The second-order valence-corrected chi connectivity index (χ2v) is 5.23. The minimum Gasteiger partial charge on any atom is -0.383 e. The standard InChI is InChI=1S/C16H16F3N3O4/c1-25-9-7-22(10-14(23)20-13-6-8-26-21-13)15(24)11-2-4-12(5-3-11)16(17,18)19/h2-6,8H,7,9-10H2,1H3,(H,20,21,23). The van der Waals surface area contributed by atoms with Gasteiger partial charge in [-0.15, -0.1) is 0 Å². The molecule has 0 bridgehead atoms. The molecule has 1 aromatic carbocycles. The first kappa shape index (κ1) is 19.4. The zero-order valence-electron chi connectivity index (χ0n) is 13.7. The number of benzene rings is 1. The lowest BCUT2D eigenvalue weighted by atomic mass is 10.1. The SMILES string of the molecule is COCCN(CC(=O)Nc1ccon1)C(=O)c1ccc(C(F)(F)F)cc1. The van der Waals surface area contributed by atoms with E-state index in [1.54, 1.807) is 0 Å². The number of nitrogens with one attached hydrogen (secondary N) is 1. The Hall–Kier alpha value is -2.88. The fourth-order valence-electron chi connectivity index (χ4n) is 2.07. The molecule has 0 aliphatic heterocycles. The predicted molar refractivity (Wildman–Crippen MR) is 84.4 cm³/mol. The van der Waals surface area contributed by atoms with Gasteiger partial charge in [0.05, 0.1) is 12.2 Å². The Morgan fingerprint density at radius 3 is 2.46 bits per heavy atom. The maximum atomic E-state index is 12.6. The summed E-state index contributed by atoms with van der Waals surface area (Å²) >= 11 is 0. The predicted octanol–water partition coefficient (Wildman–Crippen LogP) is 2.42. The van der Waals surface area contributed by atoms with E-state index in [-0.39, 0.29) is 31.1 Å². The average molecular weight is 371 g/mol. The van der Waals surface area contributed by atoms with E-state index in [1.807, 2.05) is 0 Å². The van der Waals surface area contributed by atoms with Crippen LogP contribution in [0.25, 0.3) is 0 Å². The van der Waals surface area contributed by atoms with Gasteiger partial charge in [0, 0.05) is 25.3 Å². The van der Waals surface area contributed by atoms with Crippen LogP contribution in [-0.2, 0) is 15.7 Å². The smallest absolute Gasteiger partial charge is 0.383 e. The fourth-order valence-corrected chi connectivity index (χ4v) is 2.07. The average Bonchev–Trinajstić information content (AvgIpc) is 3.10. The molecular weight excluding hydrogens is 355 g/mol. The molecule has 1 heterocycles. The number of methoxy groups -OCH3 is 1. The molecule has 0 aliphatic rings. The zero-order valence-corrected chi connectivity index (χ0v) is 13.7. The molecule has 0 unspecified atom stereocenters. The van der Waals surface area contributed by atoms with Crippen LogP contribution in [0.1, 0.15) is 15.9 Å². The molecular formula is C16H16F3N3O4. The quantitative estimate of drug-likeness (QED) is 0.808. The fraction of sp³-hybridized carbons (Fsp3) is 0.312. The van der Waals surface area contributed by atoms with Gasteiger partial charge in [-0.3, -0.25) is 9.59 Å². The molecule has 0 radical (unpaired) electrons. The summed E-state index contributed by atoms with van der Waals surface area (Å²) in [4.78, 5) is 25.7. The number of hydrogen-bond donors (Lipinski definition) is 1. The first-order valence-corrected chi connectivity index (χ1v) is 7.47. The molecule has 140 valence electrons. The molecule has 0 spiro atoms. The Bertz CT molecular complexity index is 730. The van der Waals surface area contributed by atoms with Crippen molar-refractivity contribution < 1.29 is 32.0 Å². The Labute approximate surface area is 146 Å². The molecule has 26 heavy (non-hydrogen) atoms. The van der Waals surface area contributed by atoms with E-state index < -0.39 is 23.6 Å². The number of carbonyl (C=O) groups excluding carboxylic acids is 2. The van der Waals surface area contributed by atoms with Gasteiger partial charge in [-0.1, -0.05) is 5.16 Å². The van der Waals surface area contributed by atoms with Crippen molar-refractivity contribution in [2.45, 2.75) is 6.18 Å². The van der Waals surface area contributed by atoms with E-state index in [0.717, 1.165) is 24.3 Å². The Morgan fingerprint density at radius 2 is 1.92 bits per heavy atom. The summed E-state index contributed by atoms with van der Waals surface area (Å²) in [5.41, 5.74) is -0.829. The van der Waals surface area contributed by atoms with Crippen molar-refractivity contribution >= 4 is 17.6 Å². The van der Waals surface area contributed by atoms with Crippen LogP contribution in [0.3, 0.4) is 0 Å². The minimum absolute atomic E-state index is 0.0309. The minimum atomic E-state index is -4.49. The van der Waals surface area contributed by atoms with Crippen LogP contribution < -0.4 is 5.32 Å². The zero-order chi connectivity index (χ0) is 19.2. The van der Waals surface area contributed by atoms with Gasteiger partial charge >= 0.3 is 6.18 Å². The molecule has 0 aliphatic carbocycles. The number of carbonyl (C=O) groups is 2. The summed E-state index contributed by atoms with van der Waals surface area (Å²) in [5.74, 6) is -0.940. The van der Waals surface area contributed by atoms with Gasteiger partial charge in [0.25, 0.3) is 5.91 Å². The second kappa shape index (κ2) is 8.48. The molecule has 2 amide bonds. The number of hydrogen-bond acceptors (Lipinski definition) is 5. The number of alkyl halides is 3.